The van der Waals surface area contributed by atoms with E-state index in [1.807, 2.05) is 13.6 Å². The maximum Gasteiger partial charge on any atom is 0.211 e. The molecule has 0 bridgehead atoms. The third-order valence-electron chi connectivity index (χ3n) is 0. The molecule has 0 spiro atoms. The van der Waals surface area contributed by atoms with E-state index in [9.17, 15) is 0 Å². The van der Waals surface area contributed by atoms with E-state index in [4.69, 9.17) is 5.64 Å². The normalized spacial score (nSPS) is 4.50. The maximum atomic E-state index is 5.11. The monoisotopic (exact) mass is 129 g/mol. The van der Waals surface area contributed by atoms with E-state index in [-0.39, 0.29) is 24.8 Å². The van der Waals surface area contributed by atoms with Crippen molar-refractivity contribution in [1.82, 2.24) is 0 Å². The molecule has 0 aliphatic rings. The highest BCUT2D eigenvalue weighted by molar-refractivity contribution is 6.51. The van der Waals surface area contributed by atoms with Crippen molar-refractivity contribution in [2.24, 2.45) is 5.64 Å². The van der Waals surface area contributed by atoms with Crippen LogP contribution in [0.25, 0.3) is 0 Å². The van der Waals surface area contributed by atoms with Gasteiger partial charge in [-0.15, -0.1) is 24.8 Å². The molecule has 0 radical (unpaired) electrons. The van der Waals surface area contributed by atoms with Gasteiger partial charge in [0, 0.05) is 0 Å². The highest BCUT2D eigenvalue weighted by Gasteiger charge is 1.77. The van der Waals surface area contributed by atoms with Crippen LogP contribution < -0.4 is 5.64 Å². The van der Waals surface area contributed by atoms with E-state index in [0.717, 1.165) is 0 Å². The lowest BCUT2D eigenvalue weighted by Gasteiger charge is -1.73. The molecule has 0 aromatic rings. The standard InChI is InChI=1S/C2H8BN.2ClH/c1-3(2)4;;/h4H2,1-2H3;2*1H. The van der Waals surface area contributed by atoms with Crippen LogP contribution in [-0.2, 0) is 0 Å². The van der Waals surface area contributed by atoms with Gasteiger partial charge in [-0.2, -0.15) is 0 Å². The van der Waals surface area contributed by atoms with Crippen molar-refractivity contribution in [3.05, 3.63) is 0 Å². The molecule has 0 aliphatic heterocycles. The Bertz CT molecular complexity index is 16.3. The Balaban J connectivity index is -0.0000000450. The Morgan fingerprint density at radius 2 is 1.17 bits per heavy atom. The lowest BCUT2D eigenvalue weighted by Crippen LogP contribution is -2.13. The summed E-state index contributed by atoms with van der Waals surface area (Å²) in [6, 6.07) is 0. The average Bonchev–Trinajstić information content (AvgIpc) is 0.811. The molecule has 0 fully saturated rings. The molecule has 0 heterocycles. The predicted molar refractivity (Wildman–Crippen MR) is 36.2 cm³/mol. The molecule has 2 N–H and O–H groups in total. The minimum atomic E-state index is 0. The van der Waals surface area contributed by atoms with Crippen LogP contribution in [-0.4, -0.2) is 6.85 Å². The van der Waals surface area contributed by atoms with Gasteiger partial charge in [0.25, 0.3) is 0 Å². The fourth-order valence-electron chi connectivity index (χ4n) is 0. The average molecular weight is 130 g/mol. The smallest absolute Gasteiger partial charge is 0.211 e. The number of halogens is 2. The van der Waals surface area contributed by atoms with Crippen LogP contribution in [0.2, 0.25) is 13.6 Å². The van der Waals surface area contributed by atoms with E-state index in [0.29, 0.717) is 6.85 Å². The van der Waals surface area contributed by atoms with Crippen molar-refractivity contribution >= 4 is 31.7 Å². The summed E-state index contributed by atoms with van der Waals surface area (Å²) in [5.41, 5.74) is 5.11. The Morgan fingerprint density at radius 1 is 1.17 bits per heavy atom. The van der Waals surface area contributed by atoms with Crippen molar-refractivity contribution in [1.29, 1.82) is 0 Å². The van der Waals surface area contributed by atoms with Crippen molar-refractivity contribution in [3.8, 4) is 0 Å². The van der Waals surface area contributed by atoms with Gasteiger partial charge < -0.3 is 5.64 Å². The van der Waals surface area contributed by atoms with Gasteiger partial charge in [-0.25, -0.2) is 0 Å². The summed E-state index contributed by atoms with van der Waals surface area (Å²) in [6.45, 7) is 4.22. The second-order valence-electron chi connectivity index (χ2n) is 1.24. The lowest BCUT2D eigenvalue weighted by molar-refractivity contribution is 1.74. The summed E-state index contributed by atoms with van der Waals surface area (Å²) in [6.07, 6.45) is 0. The largest absolute Gasteiger partial charge is 0.370 e. The summed E-state index contributed by atoms with van der Waals surface area (Å²) in [7, 11) is 0. The third kappa shape index (κ3) is 164. The fourth-order valence-corrected chi connectivity index (χ4v) is 0. The van der Waals surface area contributed by atoms with Crippen LogP contribution in [0, 0.1) is 0 Å². The van der Waals surface area contributed by atoms with Crippen molar-refractivity contribution in [2.45, 2.75) is 13.6 Å². The Morgan fingerprint density at radius 3 is 1.17 bits per heavy atom. The zero-order valence-electron chi connectivity index (χ0n) is 3.97. The van der Waals surface area contributed by atoms with Gasteiger partial charge in [0.15, 0.2) is 0 Å². The molecular formula is C2H10BCl2N. The van der Waals surface area contributed by atoms with Crippen LogP contribution in [0.5, 0.6) is 0 Å². The first-order valence-electron chi connectivity index (χ1n) is 1.49. The van der Waals surface area contributed by atoms with E-state index >= 15 is 0 Å². The molecule has 40 valence electrons. The number of hydrogen-bond acceptors (Lipinski definition) is 1. The molecule has 0 aliphatic carbocycles. The molecule has 0 rings (SSSR count). The van der Waals surface area contributed by atoms with Crippen LogP contribution in [0.3, 0.4) is 0 Å². The minimum absolute atomic E-state index is 0. The van der Waals surface area contributed by atoms with Gasteiger partial charge in [0.05, 0.1) is 0 Å². The molecule has 0 aromatic carbocycles. The molecule has 0 unspecified atom stereocenters. The molecule has 1 nitrogen and oxygen atoms in total. The van der Waals surface area contributed by atoms with Crippen molar-refractivity contribution in [3.63, 3.8) is 0 Å². The van der Waals surface area contributed by atoms with Crippen molar-refractivity contribution < 1.29 is 0 Å². The number of nitrogens with two attached hydrogens (primary N) is 1. The molecule has 6 heavy (non-hydrogen) atoms. The second-order valence-corrected chi connectivity index (χ2v) is 1.24. The first-order chi connectivity index (χ1) is 1.73. The zero-order valence-corrected chi connectivity index (χ0v) is 5.60. The van der Waals surface area contributed by atoms with Gasteiger partial charge >= 0.3 is 0 Å². The Labute approximate surface area is 51.6 Å². The van der Waals surface area contributed by atoms with Crippen LogP contribution in [0.4, 0.5) is 0 Å². The number of hydrogen-bond donors (Lipinski definition) is 1. The minimum Gasteiger partial charge on any atom is -0.370 e. The topological polar surface area (TPSA) is 26.0 Å². The molecular weight excluding hydrogens is 120 g/mol. The van der Waals surface area contributed by atoms with Crippen LogP contribution in [0.15, 0.2) is 0 Å². The first-order valence-corrected chi connectivity index (χ1v) is 1.49. The summed E-state index contributed by atoms with van der Waals surface area (Å²) in [5, 5.41) is 0. The summed E-state index contributed by atoms with van der Waals surface area (Å²) in [5.74, 6) is 0. The summed E-state index contributed by atoms with van der Waals surface area (Å²) >= 11 is 0. The number of rotatable bonds is 0. The van der Waals surface area contributed by atoms with Crippen LogP contribution >= 0.6 is 24.8 Å². The molecule has 0 saturated carbocycles. The van der Waals surface area contributed by atoms with E-state index in [1.54, 1.807) is 0 Å². The first kappa shape index (κ1) is 16.0. The van der Waals surface area contributed by atoms with Gasteiger partial charge in [-0.05, 0) is 0 Å². The van der Waals surface area contributed by atoms with Gasteiger partial charge in [0.1, 0.15) is 0 Å². The zero-order chi connectivity index (χ0) is 3.58. The van der Waals surface area contributed by atoms with E-state index < -0.39 is 0 Å². The highest BCUT2D eigenvalue weighted by Crippen LogP contribution is 1.53. The molecule has 4 heteroatoms. The highest BCUT2D eigenvalue weighted by atomic mass is 35.5. The second kappa shape index (κ2) is 9.15. The third-order valence-corrected chi connectivity index (χ3v) is 0. The molecule has 0 saturated heterocycles. The molecule has 0 amide bonds. The summed E-state index contributed by atoms with van der Waals surface area (Å²) in [4.78, 5) is 0. The van der Waals surface area contributed by atoms with E-state index in [2.05, 4.69) is 0 Å². The predicted octanol–water partition coefficient (Wildman–Crippen LogP) is 1.04. The van der Waals surface area contributed by atoms with E-state index in [1.165, 1.54) is 0 Å². The SMILES string of the molecule is CB(C)N.Cl.Cl. The Kier molecular flexibility index (Phi) is 24.3. The maximum absolute atomic E-state index is 5.11. The van der Waals surface area contributed by atoms with Gasteiger partial charge in [0.2, 0.25) is 6.85 Å². The summed E-state index contributed by atoms with van der Waals surface area (Å²) < 4.78 is 0. The van der Waals surface area contributed by atoms with Crippen LogP contribution in [0.1, 0.15) is 0 Å². The fraction of sp³-hybridized carbons (Fsp3) is 1.00. The quantitative estimate of drug-likeness (QED) is 0.487. The van der Waals surface area contributed by atoms with Gasteiger partial charge in [-0.1, -0.05) is 13.6 Å². The van der Waals surface area contributed by atoms with Gasteiger partial charge in [-0.3, -0.25) is 0 Å². The lowest BCUT2D eigenvalue weighted by atomic mass is 9.71. The molecule has 0 atom stereocenters. The Hall–Kier alpha value is 0.605. The van der Waals surface area contributed by atoms with Crippen molar-refractivity contribution in [2.75, 3.05) is 0 Å². The molecule has 0 aromatic heterocycles.